The van der Waals surface area contributed by atoms with Crippen LogP contribution in [0.2, 0.25) is 0 Å². The number of hydrogen-bond donors (Lipinski definition) is 2. The molecule has 0 saturated carbocycles. The van der Waals surface area contributed by atoms with Gasteiger partial charge >= 0.3 is 0 Å². The van der Waals surface area contributed by atoms with E-state index in [-0.39, 0.29) is 29.8 Å². The molecule has 4 aromatic rings. The lowest BCUT2D eigenvalue weighted by Crippen LogP contribution is -2.25. The van der Waals surface area contributed by atoms with Crippen LogP contribution in [0.15, 0.2) is 59.1 Å². The van der Waals surface area contributed by atoms with Crippen LogP contribution in [-0.4, -0.2) is 42.2 Å². The van der Waals surface area contributed by atoms with E-state index in [1.807, 2.05) is 36.6 Å². The summed E-state index contributed by atoms with van der Waals surface area (Å²) < 4.78 is 1.85. The molecule has 0 unspecified atom stereocenters. The lowest BCUT2D eigenvalue weighted by molar-refractivity contribution is -0.384. The minimum Gasteiger partial charge on any atom is -0.345 e. The van der Waals surface area contributed by atoms with Crippen LogP contribution >= 0.6 is 23.1 Å². The maximum absolute atomic E-state index is 12.5. The third-order valence-corrected chi connectivity index (χ3v) is 7.07. The molecular weight excluding hydrogens is 514 g/mol. The van der Waals surface area contributed by atoms with Crippen molar-refractivity contribution in [3.8, 4) is 11.3 Å². The molecule has 2 aromatic carbocycles. The van der Waals surface area contributed by atoms with Gasteiger partial charge in [-0.05, 0) is 25.5 Å². The van der Waals surface area contributed by atoms with Crippen LogP contribution < -0.4 is 10.6 Å². The molecule has 11 nitrogen and oxygen atoms in total. The standard InChI is InChI=1S/C24H23N7O4S2/c1-3-30-20(12-25-22(33)18-10-5-4-7-15(18)2)28-29-24(30)37-14-21(32)27-23-26-19(13-36-23)16-8-6-9-17(11-16)31(34)35/h4-11,13H,3,12,14H2,1-2H3,(H,25,33)(H,26,27,32). The zero-order chi connectivity index (χ0) is 26.4. The van der Waals surface area contributed by atoms with E-state index >= 15 is 0 Å². The van der Waals surface area contributed by atoms with Gasteiger partial charge in [0.1, 0.15) is 0 Å². The zero-order valence-corrected chi connectivity index (χ0v) is 21.6. The van der Waals surface area contributed by atoms with E-state index in [2.05, 4.69) is 25.8 Å². The monoisotopic (exact) mass is 537 g/mol. The third-order valence-electron chi connectivity index (χ3n) is 5.34. The number of thiazole rings is 1. The second-order valence-electron chi connectivity index (χ2n) is 7.82. The van der Waals surface area contributed by atoms with Crippen LogP contribution in [0.4, 0.5) is 10.8 Å². The molecule has 0 aliphatic carbocycles. The largest absolute Gasteiger partial charge is 0.345 e. The molecule has 0 spiro atoms. The minimum absolute atomic E-state index is 0.0263. The summed E-state index contributed by atoms with van der Waals surface area (Å²) in [6, 6.07) is 13.5. The highest BCUT2D eigenvalue weighted by Gasteiger charge is 2.16. The second-order valence-corrected chi connectivity index (χ2v) is 9.62. The van der Waals surface area contributed by atoms with Gasteiger partial charge in [0, 0.05) is 35.2 Å². The van der Waals surface area contributed by atoms with E-state index in [0.717, 1.165) is 5.56 Å². The topological polar surface area (TPSA) is 145 Å². The summed E-state index contributed by atoms with van der Waals surface area (Å²) in [6.07, 6.45) is 0. The van der Waals surface area contributed by atoms with Crippen molar-refractivity contribution in [1.82, 2.24) is 25.1 Å². The highest BCUT2D eigenvalue weighted by atomic mass is 32.2. The first kappa shape index (κ1) is 26.0. The molecule has 0 aliphatic rings. The quantitative estimate of drug-likeness (QED) is 0.173. The van der Waals surface area contributed by atoms with Gasteiger partial charge in [0.15, 0.2) is 16.1 Å². The van der Waals surface area contributed by atoms with Gasteiger partial charge in [-0.3, -0.25) is 19.7 Å². The van der Waals surface area contributed by atoms with Crippen LogP contribution in [0, 0.1) is 17.0 Å². The molecule has 0 bridgehead atoms. The Bertz CT molecular complexity index is 1450. The number of hydrogen-bond acceptors (Lipinski definition) is 9. The Morgan fingerprint density at radius 1 is 1.16 bits per heavy atom. The maximum atomic E-state index is 12.5. The first-order valence-electron chi connectivity index (χ1n) is 11.2. The summed E-state index contributed by atoms with van der Waals surface area (Å²) in [6.45, 7) is 4.60. The second kappa shape index (κ2) is 11.8. The number of aryl methyl sites for hydroxylation is 1. The van der Waals surface area contributed by atoms with E-state index in [0.29, 0.717) is 39.5 Å². The third kappa shape index (κ3) is 6.37. The van der Waals surface area contributed by atoms with Gasteiger partial charge in [0.2, 0.25) is 5.91 Å². The van der Waals surface area contributed by atoms with Crippen molar-refractivity contribution >= 4 is 45.7 Å². The molecule has 0 atom stereocenters. The van der Waals surface area contributed by atoms with Crippen LogP contribution in [-0.2, 0) is 17.9 Å². The molecule has 2 N–H and O–H groups in total. The van der Waals surface area contributed by atoms with Crippen molar-refractivity contribution in [2.45, 2.75) is 32.1 Å². The number of carbonyl (C=O) groups is 2. The Morgan fingerprint density at radius 3 is 2.73 bits per heavy atom. The highest BCUT2D eigenvalue weighted by molar-refractivity contribution is 7.99. The summed E-state index contributed by atoms with van der Waals surface area (Å²) in [7, 11) is 0. The van der Waals surface area contributed by atoms with E-state index in [1.165, 1.54) is 35.2 Å². The summed E-state index contributed by atoms with van der Waals surface area (Å²) >= 11 is 2.46. The maximum Gasteiger partial charge on any atom is 0.270 e. The van der Waals surface area contributed by atoms with Crippen molar-refractivity contribution in [1.29, 1.82) is 0 Å². The number of nitrogens with one attached hydrogen (secondary N) is 2. The molecule has 190 valence electrons. The van der Waals surface area contributed by atoms with Crippen molar-refractivity contribution in [2.24, 2.45) is 0 Å². The number of carbonyl (C=O) groups excluding carboxylic acids is 2. The zero-order valence-electron chi connectivity index (χ0n) is 20.0. The number of nitro benzene ring substituents is 1. The lowest BCUT2D eigenvalue weighted by atomic mass is 10.1. The summed E-state index contributed by atoms with van der Waals surface area (Å²) in [5.41, 5.74) is 2.60. The van der Waals surface area contributed by atoms with Crippen LogP contribution in [0.5, 0.6) is 0 Å². The number of benzene rings is 2. The molecule has 2 heterocycles. The van der Waals surface area contributed by atoms with Gasteiger partial charge in [-0.25, -0.2) is 4.98 Å². The van der Waals surface area contributed by atoms with Gasteiger partial charge in [0.25, 0.3) is 11.6 Å². The molecule has 4 rings (SSSR count). The first-order valence-corrected chi connectivity index (χ1v) is 13.1. The average Bonchev–Trinajstić information content (AvgIpc) is 3.53. The number of thioether (sulfide) groups is 1. The number of aromatic nitrogens is 4. The van der Waals surface area contributed by atoms with E-state index < -0.39 is 4.92 Å². The Labute approximate surface area is 220 Å². The smallest absolute Gasteiger partial charge is 0.270 e. The number of anilines is 1. The summed E-state index contributed by atoms with van der Waals surface area (Å²) in [4.78, 5) is 39.9. The summed E-state index contributed by atoms with van der Waals surface area (Å²) in [5.74, 6) is 0.212. The highest BCUT2D eigenvalue weighted by Crippen LogP contribution is 2.27. The SMILES string of the molecule is CCn1c(CNC(=O)c2ccccc2C)nnc1SCC(=O)Nc1nc(-c2cccc([N+](=O)[O-])c2)cs1. The molecule has 0 radical (unpaired) electrons. The fourth-order valence-corrected chi connectivity index (χ4v) is 5.04. The van der Waals surface area contributed by atoms with Gasteiger partial charge < -0.3 is 15.2 Å². The Kier molecular flexibility index (Phi) is 8.25. The predicted octanol–water partition coefficient (Wildman–Crippen LogP) is 4.30. The van der Waals surface area contributed by atoms with E-state index in [9.17, 15) is 19.7 Å². The molecular formula is C24H23N7O4S2. The predicted molar refractivity (Wildman–Crippen MR) is 142 cm³/mol. The van der Waals surface area contributed by atoms with Crippen LogP contribution in [0.3, 0.4) is 0 Å². The molecule has 0 fully saturated rings. The molecule has 13 heteroatoms. The molecule has 0 saturated heterocycles. The number of nitro groups is 1. The van der Waals surface area contributed by atoms with Crippen molar-refractivity contribution < 1.29 is 14.5 Å². The molecule has 2 amide bonds. The molecule has 0 aliphatic heterocycles. The van der Waals surface area contributed by atoms with E-state index in [1.54, 1.807) is 23.6 Å². The minimum atomic E-state index is -0.464. The fourth-order valence-electron chi connectivity index (χ4n) is 3.48. The van der Waals surface area contributed by atoms with Crippen LogP contribution in [0.25, 0.3) is 11.3 Å². The van der Waals surface area contributed by atoms with Gasteiger partial charge in [-0.2, -0.15) is 0 Å². The van der Waals surface area contributed by atoms with E-state index in [4.69, 9.17) is 0 Å². The van der Waals surface area contributed by atoms with Crippen molar-refractivity contribution in [2.75, 3.05) is 11.1 Å². The number of nitrogens with zero attached hydrogens (tertiary/aromatic N) is 5. The number of rotatable bonds is 10. The van der Waals surface area contributed by atoms with Crippen molar-refractivity contribution in [3.05, 3.63) is 81.0 Å². The first-order chi connectivity index (χ1) is 17.9. The summed E-state index contributed by atoms with van der Waals surface area (Å²) in [5, 5.41) is 27.7. The average molecular weight is 538 g/mol. The Balaban J connectivity index is 1.33. The van der Waals surface area contributed by atoms with Gasteiger partial charge in [0.05, 0.1) is 22.9 Å². The van der Waals surface area contributed by atoms with Crippen LogP contribution in [0.1, 0.15) is 28.7 Å². The Hall–Kier alpha value is -4.10. The lowest BCUT2D eigenvalue weighted by Gasteiger charge is -2.09. The number of non-ortho nitro benzene ring substituents is 1. The molecule has 37 heavy (non-hydrogen) atoms. The Morgan fingerprint density at radius 2 is 1.97 bits per heavy atom. The van der Waals surface area contributed by atoms with Gasteiger partial charge in [-0.15, -0.1) is 21.5 Å². The molecule has 2 aromatic heterocycles. The fraction of sp³-hybridized carbons (Fsp3) is 0.208. The normalized spacial score (nSPS) is 10.8. The van der Waals surface area contributed by atoms with Crippen molar-refractivity contribution in [3.63, 3.8) is 0 Å². The number of amides is 2. The van der Waals surface area contributed by atoms with Gasteiger partial charge in [-0.1, -0.05) is 42.1 Å².